The monoisotopic (exact) mass is 252 g/mol. The van der Waals surface area contributed by atoms with Crippen molar-refractivity contribution in [2.75, 3.05) is 26.7 Å². The number of likely N-dealkylation sites (tertiary alicyclic amines) is 1. The Labute approximate surface area is 109 Å². The highest BCUT2D eigenvalue weighted by Gasteiger charge is 2.34. The number of hydrogen-bond donors (Lipinski definition) is 1. The van der Waals surface area contributed by atoms with E-state index in [2.05, 4.69) is 43.2 Å². The lowest BCUT2D eigenvalue weighted by Crippen LogP contribution is -2.28. The third-order valence-corrected chi connectivity index (χ3v) is 5.12. The lowest BCUT2D eigenvalue weighted by Gasteiger charge is -2.26. The summed E-state index contributed by atoms with van der Waals surface area (Å²) in [5.74, 6) is 0.781. The van der Waals surface area contributed by atoms with Crippen molar-refractivity contribution in [2.45, 2.75) is 32.7 Å². The fourth-order valence-corrected chi connectivity index (χ4v) is 4.09. The highest BCUT2D eigenvalue weighted by atomic mass is 32.1. The average Bonchev–Trinajstić information content (AvgIpc) is 2.94. The van der Waals surface area contributed by atoms with Gasteiger partial charge in [-0.3, -0.25) is 4.90 Å². The van der Waals surface area contributed by atoms with E-state index in [1.165, 1.54) is 30.8 Å². The van der Waals surface area contributed by atoms with Crippen LogP contribution in [0.3, 0.4) is 0 Å². The Hall–Kier alpha value is -0.380. The molecule has 17 heavy (non-hydrogen) atoms. The van der Waals surface area contributed by atoms with Crippen LogP contribution in [0.25, 0.3) is 0 Å². The zero-order valence-corrected chi connectivity index (χ0v) is 12.0. The number of rotatable bonds is 5. The largest absolute Gasteiger partial charge is 0.319 e. The van der Waals surface area contributed by atoms with Gasteiger partial charge in [0.25, 0.3) is 0 Å². The second-order valence-corrected chi connectivity index (χ2v) is 6.04. The van der Waals surface area contributed by atoms with Gasteiger partial charge in [-0.2, -0.15) is 0 Å². The summed E-state index contributed by atoms with van der Waals surface area (Å²) < 4.78 is 0. The first-order valence-corrected chi connectivity index (χ1v) is 7.59. The average molecular weight is 252 g/mol. The molecule has 2 unspecified atom stereocenters. The smallest absolute Gasteiger partial charge is 0.0482 e. The molecule has 2 nitrogen and oxygen atoms in total. The molecule has 1 aromatic rings. The maximum Gasteiger partial charge on any atom is 0.0482 e. The fraction of sp³-hybridized carbons (Fsp3) is 0.714. The molecule has 0 aliphatic carbocycles. The molecule has 0 aromatic carbocycles. The molecule has 2 rings (SSSR count). The van der Waals surface area contributed by atoms with E-state index in [0.717, 1.165) is 12.5 Å². The van der Waals surface area contributed by atoms with Crippen molar-refractivity contribution in [3.8, 4) is 0 Å². The summed E-state index contributed by atoms with van der Waals surface area (Å²) in [6.07, 6.45) is 2.50. The summed E-state index contributed by atoms with van der Waals surface area (Å²) in [4.78, 5) is 5.72. The van der Waals surface area contributed by atoms with Gasteiger partial charge in [0.2, 0.25) is 0 Å². The molecule has 0 spiro atoms. The lowest BCUT2D eigenvalue weighted by atomic mass is 9.99. The van der Waals surface area contributed by atoms with Crippen LogP contribution in [0.2, 0.25) is 0 Å². The van der Waals surface area contributed by atoms with Gasteiger partial charge in [-0.15, -0.1) is 11.3 Å². The molecular weight excluding hydrogens is 228 g/mol. The van der Waals surface area contributed by atoms with Crippen LogP contribution in [-0.4, -0.2) is 31.6 Å². The SMILES string of the molecule is CCc1ccc(C2C(CNC)CCN2CC)s1. The highest BCUT2D eigenvalue weighted by Crippen LogP contribution is 2.39. The van der Waals surface area contributed by atoms with Crippen LogP contribution in [0.15, 0.2) is 12.1 Å². The second kappa shape index (κ2) is 5.98. The van der Waals surface area contributed by atoms with Gasteiger partial charge in [-0.1, -0.05) is 13.8 Å². The molecule has 1 aliphatic heterocycles. The summed E-state index contributed by atoms with van der Waals surface area (Å²) in [6, 6.07) is 5.31. The van der Waals surface area contributed by atoms with Crippen molar-refractivity contribution in [3.63, 3.8) is 0 Å². The number of hydrogen-bond acceptors (Lipinski definition) is 3. The molecule has 1 saturated heterocycles. The molecule has 96 valence electrons. The van der Waals surface area contributed by atoms with Gasteiger partial charge < -0.3 is 5.32 Å². The van der Waals surface area contributed by atoms with Crippen LogP contribution >= 0.6 is 11.3 Å². The fourth-order valence-electron chi connectivity index (χ4n) is 2.91. The van der Waals surface area contributed by atoms with Crippen molar-refractivity contribution in [1.29, 1.82) is 0 Å². The normalized spacial score (nSPS) is 25.6. The molecule has 0 amide bonds. The van der Waals surface area contributed by atoms with E-state index in [1.807, 2.05) is 11.3 Å². The summed E-state index contributed by atoms with van der Waals surface area (Å²) in [6.45, 7) is 8.09. The number of thiophene rings is 1. The van der Waals surface area contributed by atoms with Crippen LogP contribution in [0.5, 0.6) is 0 Å². The minimum absolute atomic E-state index is 0.651. The zero-order valence-electron chi connectivity index (χ0n) is 11.2. The quantitative estimate of drug-likeness (QED) is 0.867. The van der Waals surface area contributed by atoms with Gasteiger partial charge in [0.05, 0.1) is 0 Å². The Morgan fingerprint density at radius 3 is 2.82 bits per heavy atom. The van der Waals surface area contributed by atoms with E-state index in [4.69, 9.17) is 0 Å². The van der Waals surface area contributed by atoms with Crippen LogP contribution in [0.4, 0.5) is 0 Å². The van der Waals surface area contributed by atoms with Crippen molar-refractivity contribution in [2.24, 2.45) is 5.92 Å². The van der Waals surface area contributed by atoms with Gasteiger partial charge in [0.15, 0.2) is 0 Å². The maximum atomic E-state index is 3.35. The predicted octanol–water partition coefficient (Wildman–Crippen LogP) is 2.91. The first-order valence-electron chi connectivity index (χ1n) is 6.77. The predicted molar refractivity (Wildman–Crippen MR) is 75.7 cm³/mol. The van der Waals surface area contributed by atoms with Crippen LogP contribution in [0.1, 0.15) is 36.1 Å². The van der Waals surface area contributed by atoms with E-state index >= 15 is 0 Å². The molecule has 2 atom stereocenters. The van der Waals surface area contributed by atoms with Crippen molar-refractivity contribution >= 4 is 11.3 Å². The van der Waals surface area contributed by atoms with E-state index in [0.29, 0.717) is 6.04 Å². The van der Waals surface area contributed by atoms with Crippen molar-refractivity contribution in [3.05, 3.63) is 21.9 Å². The van der Waals surface area contributed by atoms with E-state index < -0.39 is 0 Å². The number of aryl methyl sites for hydroxylation is 1. The van der Waals surface area contributed by atoms with Gasteiger partial charge in [-0.25, -0.2) is 0 Å². The summed E-state index contributed by atoms with van der Waals surface area (Å²) in [5.41, 5.74) is 0. The van der Waals surface area contributed by atoms with Gasteiger partial charge in [0, 0.05) is 15.8 Å². The molecule has 1 aliphatic rings. The molecule has 0 saturated carbocycles. The molecule has 0 bridgehead atoms. The summed E-state index contributed by atoms with van der Waals surface area (Å²) in [5, 5.41) is 3.35. The van der Waals surface area contributed by atoms with E-state index in [9.17, 15) is 0 Å². The summed E-state index contributed by atoms with van der Waals surface area (Å²) >= 11 is 2.01. The number of nitrogens with zero attached hydrogens (tertiary/aromatic N) is 1. The Morgan fingerprint density at radius 1 is 1.41 bits per heavy atom. The first-order chi connectivity index (χ1) is 8.30. The van der Waals surface area contributed by atoms with Crippen LogP contribution in [0, 0.1) is 5.92 Å². The topological polar surface area (TPSA) is 15.3 Å². The Bertz CT molecular complexity index is 348. The van der Waals surface area contributed by atoms with Gasteiger partial charge in [-0.05, 0) is 57.6 Å². The Kier molecular flexibility index (Phi) is 4.60. The lowest BCUT2D eigenvalue weighted by molar-refractivity contribution is 0.242. The van der Waals surface area contributed by atoms with E-state index in [-0.39, 0.29) is 0 Å². The van der Waals surface area contributed by atoms with Crippen LogP contribution < -0.4 is 5.32 Å². The molecule has 1 aromatic heterocycles. The van der Waals surface area contributed by atoms with Crippen molar-refractivity contribution in [1.82, 2.24) is 10.2 Å². The van der Waals surface area contributed by atoms with E-state index in [1.54, 1.807) is 4.88 Å². The zero-order chi connectivity index (χ0) is 12.3. The second-order valence-electron chi connectivity index (χ2n) is 4.84. The van der Waals surface area contributed by atoms with Crippen LogP contribution in [-0.2, 0) is 6.42 Å². The third-order valence-electron chi connectivity index (χ3n) is 3.82. The standard InChI is InChI=1S/C14H24N2S/c1-4-12-6-7-13(17-12)14-11(10-15-3)8-9-16(14)5-2/h6-7,11,14-15H,4-5,8-10H2,1-3H3. The minimum Gasteiger partial charge on any atom is -0.319 e. The van der Waals surface area contributed by atoms with Crippen molar-refractivity contribution < 1.29 is 0 Å². The minimum atomic E-state index is 0.651. The Balaban J connectivity index is 2.18. The third kappa shape index (κ3) is 2.72. The maximum absolute atomic E-state index is 3.35. The first kappa shape index (κ1) is 13.1. The summed E-state index contributed by atoms with van der Waals surface area (Å²) in [7, 11) is 2.07. The van der Waals surface area contributed by atoms with Gasteiger partial charge in [0.1, 0.15) is 0 Å². The molecule has 2 heterocycles. The Morgan fingerprint density at radius 2 is 2.24 bits per heavy atom. The highest BCUT2D eigenvalue weighted by molar-refractivity contribution is 7.12. The molecule has 0 radical (unpaired) electrons. The molecular formula is C14H24N2S. The van der Waals surface area contributed by atoms with Gasteiger partial charge >= 0.3 is 0 Å². The molecule has 1 N–H and O–H groups in total. The molecule has 3 heteroatoms. The number of nitrogens with one attached hydrogen (secondary N) is 1. The molecule has 1 fully saturated rings.